The minimum absolute atomic E-state index is 0. The second kappa shape index (κ2) is 7.51. The number of nitrogens with one attached hydrogen (secondary N) is 2. The van der Waals surface area contributed by atoms with Crippen molar-refractivity contribution in [3.05, 3.63) is 53.5 Å². The molecule has 138 valence electrons. The number of carbonyl (C=O) groups is 1. The van der Waals surface area contributed by atoms with Crippen molar-refractivity contribution in [3.63, 3.8) is 0 Å². The van der Waals surface area contributed by atoms with Gasteiger partial charge in [-0.2, -0.15) is 5.10 Å². The lowest BCUT2D eigenvalue weighted by Crippen LogP contribution is -2.44. The van der Waals surface area contributed by atoms with Crippen LogP contribution in [0.5, 0.6) is 0 Å². The summed E-state index contributed by atoms with van der Waals surface area (Å²) in [5.74, 6) is -0.105. The number of hydrogen-bond acceptors (Lipinski definition) is 3. The molecule has 2 atom stereocenters. The maximum absolute atomic E-state index is 12.6. The van der Waals surface area contributed by atoms with Gasteiger partial charge < -0.3 is 16.0 Å². The molecule has 4 N–H and O–H groups in total. The Bertz CT molecular complexity index is 916. The Hall–Kier alpha value is -2.31. The average Bonchev–Trinajstić information content (AvgIpc) is 3.20. The zero-order chi connectivity index (χ0) is 17.4. The molecule has 0 bridgehead atoms. The van der Waals surface area contributed by atoms with Crippen LogP contribution in [0.2, 0.25) is 0 Å². The van der Waals surface area contributed by atoms with E-state index >= 15 is 0 Å². The van der Waals surface area contributed by atoms with E-state index in [1.54, 1.807) is 0 Å². The molecule has 3 aromatic rings. The summed E-state index contributed by atoms with van der Waals surface area (Å²) in [4.78, 5) is 15.8. The molecule has 2 aromatic heterocycles. The SMILES string of the molecule is Cl.Cn1ncc2c1CCCC2NC(=O)[C@@H](N)Cc1c[nH]c2ccccc12. The van der Waals surface area contributed by atoms with Crippen LogP contribution >= 0.6 is 12.4 Å². The molecule has 6 nitrogen and oxygen atoms in total. The van der Waals surface area contributed by atoms with Crippen molar-refractivity contribution >= 4 is 29.2 Å². The Balaban J connectivity index is 0.00000196. The number of hydrogen-bond donors (Lipinski definition) is 3. The number of nitrogens with two attached hydrogens (primary N) is 1. The lowest BCUT2D eigenvalue weighted by Gasteiger charge is -2.25. The first-order valence-corrected chi connectivity index (χ1v) is 8.75. The molecule has 0 aliphatic heterocycles. The molecule has 0 saturated carbocycles. The fraction of sp³-hybridized carbons (Fsp3) is 0.368. The predicted octanol–water partition coefficient (Wildman–Crippen LogP) is 2.39. The molecule has 26 heavy (non-hydrogen) atoms. The van der Waals surface area contributed by atoms with Gasteiger partial charge in [0.2, 0.25) is 5.91 Å². The minimum atomic E-state index is -0.568. The van der Waals surface area contributed by atoms with E-state index in [2.05, 4.69) is 21.5 Å². The fourth-order valence-electron chi connectivity index (χ4n) is 3.77. The first-order valence-electron chi connectivity index (χ1n) is 8.75. The lowest BCUT2D eigenvalue weighted by atomic mass is 9.92. The van der Waals surface area contributed by atoms with Gasteiger partial charge in [-0.25, -0.2) is 0 Å². The number of benzene rings is 1. The molecule has 2 heterocycles. The number of H-pyrrole nitrogens is 1. The van der Waals surface area contributed by atoms with Crippen molar-refractivity contribution in [2.45, 2.75) is 37.8 Å². The molecule has 4 rings (SSSR count). The number of fused-ring (bicyclic) bond motifs is 2. The van der Waals surface area contributed by atoms with Crippen molar-refractivity contribution in [3.8, 4) is 0 Å². The summed E-state index contributed by atoms with van der Waals surface area (Å²) in [6.07, 6.45) is 7.32. The van der Waals surface area contributed by atoms with Gasteiger partial charge in [-0.05, 0) is 37.3 Å². The van der Waals surface area contributed by atoms with Crippen molar-refractivity contribution in [1.82, 2.24) is 20.1 Å². The highest BCUT2D eigenvalue weighted by atomic mass is 35.5. The van der Waals surface area contributed by atoms with E-state index in [-0.39, 0.29) is 24.4 Å². The van der Waals surface area contributed by atoms with Crippen LogP contribution in [0.1, 0.15) is 35.7 Å². The highest BCUT2D eigenvalue weighted by molar-refractivity contribution is 5.86. The van der Waals surface area contributed by atoms with Gasteiger partial charge in [0.1, 0.15) is 0 Å². The normalized spacial score (nSPS) is 17.4. The number of carbonyl (C=O) groups excluding carboxylic acids is 1. The summed E-state index contributed by atoms with van der Waals surface area (Å²) in [6, 6.07) is 7.51. The van der Waals surface area contributed by atoms with Gasteiger partial charge in [0, 0.05) is 35.4 Å². The van der Waals surface area contributed by atoms with E-state index < -0.39 is 6.04 Å². The summed E-state index contributed by atoms with van der Waals surface area (Å²) >= 11 is 0. The van der Waals surface area contributed by atoms with Crippen molar-refractivity contribution in [2.75, 3.05) is 0 Å². The summed E-state index contributed by atoms with van der Waals surface area (Å²) in [6.45, 7) is 0. The van der Waals surface area contributed by atoms with Crippen LogP contribution in [-0.2, 0) is 24.7 Å². The van der Waals surface area contributed by atoms with Gasteiger partial charge in [0.25, 0.3) is 0 Å². The number of halogens is 1. The van der Waals surface area contributed by atoms with Crippen molar-refractivity contribution in [1.29, 1.82) is 0 Å². The fourth-order valence-corrected chi connectivity index (χ4v) is 3.77. The van der Waals surface area contributed by atoms with E-state index in [0.717, 1.165) is 41.3 Å². The number of para-hydroxylation sites is 1. The number of aryl methyl sites for hydroxylation is 1. The van der Waals surface area contributed by atoms with Gasteiger partial charge in [-0.3, -0.25) is 9.48 Å². The van der Waals surface area contributed by atoms with Gasteiger partial charge in [0.05, 0.1) is 18.3 Å². The molecule has 0 spiro atoms. The summed E-state index contributed by atoms with van der Waals surface area (Å²) in [5, 5.41) is 8.57. The lowest BCUT2D eigenvalue weighted by molar-refractivity contribution is -0.123. The number of amides is 1. The number of aromatic nitrogens is 3. The molecule has 1 aromatic carbocycles. The second-order valence-corrected chi connectivity index (χ2v) is 6.79. The maximum Gasteiger partial charge on any atom is 0.237 e. The highest BCUT2D eigenvalue weighted by Gasteiger charge is 2.26. The topological polar surface area (TPSA) is 88.7 Å². The van der Waals surface area contributed by atoms with Crippen molar-refractivity contribution in [2.24, 2.45) is 12.8 Å². The Labute approximate surface area is 158 Å². The zero-order valence-electron chi connectivity index (χ0n) is 14.7. The van der Waals surface area contributed by atoms with Crippen LogP contribution in [0.15, 0.2) is 36.7 Å². The van der Waals surface area contributed by atoms with Gasteiger partial charge in [-0.1, -0.05) is 18.2 Å². The third kappa shape index (κ3) is 3.34. The smallest absolute Gasteiger partial charge is 0.237 e. The molecule has 1 unspecified atom stereocenters. The third-order valence-corrected chi connectivity index (χ3v) is 5.14. The monoisotopic (exact) mass is 373 g/mol. The standard InChI is InChI=1S/C19H23N5O.ClH/c1-24-18-8-4-7-17(14(18)11-22-24)23-19(25)15(20)9-12-10-21-16-6-3-2-5-13(12)16;/h2-3,5-6,10-11,15,17,21H,4,7-9,20H2,1H3,(H,23,25);1H/t15-,17?;/m0./s1. The molecule has 1 aliphatic rings. The van der Waals surface area contributed by atoms with E-state index in [4.69, 9.17) is 5.73 Å². The summed E-state index contributed by atoms with van der Waals surface area (Å²) < 4.78 is 1.90. The molecular weight excluding hydrogens is 350 g/mol. The number of nitrogens with zero attached hydrogens (tertiary/aromatic N) is 2. The highest BCUT2D eigenvalue weighted by Crippen LogP contribution is 2.29. The Morgan fingerprint density at radius 1 is 1.46 bits per heavy atom. The molecule has 7 heteroatoms. The Morgan fingerprint density at radius 3 is 3.12 bits per heavy atom. The Morgan fingerprint density at radius 2 is 2.27 bits per heavy atom. The molecule has 0 radical (unpaired) electrons. The molecule has 1 aliphatic carbocycles. The number of rotatable bonds is 4. The van der Waals surface area contributed by atoms with E-state index in [1.807, 2.05) is 42.3 Å². The van der Waals surface area contributed by atoms with Crippen LogP contribution in [0.25, 0.3) is 10.9 Å². The van der Waals surface area contributed by atoms with Crippen LogP contribution in [-0.4, -0.2) is 26.7 Å². The average molecular weight is 374 g/mol. The van der Waals surface area contributed by atoms with Gasteiger partial charge in [-0.15, -0.1) is 12.4 Å². The van der Waals surface area contributed by atoms with Gasteiger partial charge in [0.15, 0.2) is 0 Å². The second-order valence-electron chi connectivity index (χ2n) is 6.79. The van der Waals surface area contributed by atoms with Crippen LogP contribution < -0.4 is 11.1 Å². The number of aromatic amines is 1. The predicted molar refractivity (Wildman–Crippen MR) is 104 cm³/mol. The first-order chi connectivity index (χ1) is 12.1. The molecule has 0 saturated heterocycles. The molecule has 1 amide bonds. The molecular formula is C19H24ClN5O. The van der Waals surface area contributed by atoms with E-state index in [1.165, 1.54) is 5.69 Å². The summed E-state index contributed by atoms with van der Waals surface area (Å²) in [7, 11) is 1.95. The largest absolute Gasteiger partial charge is 0.361 e. The summed E-state index contributed by atoms with van der Waals surface area (Å²) in [5.41, 5.74) is 10.7. The minimum Gasteiger partial charge on any atom is -0.361 e. The van der Waals surface area contributed by atoms with Crippen LogP contribution in [0, 0.1) is 0 Å². The zero-order valence-corrected chi connectivity index (χ0v) is 15.6. The van der Waals surface area contributed by atoms with E-state index in [0.29, 0.717) is 6.42 Å². The molecule has 0 fully saturated rings. The maximum atomic E-state index is 12.6. The van der Waals surface area contributed by atoms with Crippen LogP contribution in [0.4, 0.5) is 0 Å². The van der Waals surface area contributed by atoms with Gasteiger partial charge >= 0.3 is 0 Å². The third-order valence-electron chi connectivity index (χ3n) is 5.14. The Kier molecular flexibility index (Phi) is 5.34. The first kappa shape index (κ1) is 18.5. The quantitative estimate of drug-likeness (QED) is 0.656. The van der Waals surface area contributed by atoms with Crippen LogP contribution in [0.3, 0.4) is 0 Å². The van der Waals surface area contributed by atoms with E-state index in [9.17, 15) is 4.79 Å². The van der Waals surface area contributed by atoms with Crippen molar-refractivity contribution < 1.29 is 4.79 Å².